The minimum Gasteiger partial charge on any atom is -0.387 e. The molecule has 0 aromatic heterocycles. The van der Waals surface area contributed by atoms with Gasteiger partial charge in [0.2, 0.25) is 0 Å². The van der Waals surface area contributed by atoms with Gasteiger partial charge in [-0.3, -0.25) is 0 Å². The van der Waals surface area contributed by atoms with Gasteiger partial charge in [-0.1, -0.05) is 30.3 Å². The minimum absolute atomic E-state index is 0.375. The molecule has 1 aromatic rings. The van der Waals surface area contributed by atoms with Crippen molar-refractivity contribution in [3.8, 4) is 0 Å². The average Bonchev–Trinajstić information content (AvgIpc) is 2.46. The van der Waals surface area contributed by atoms with Crippen LogP contribution in [-0.4, -0.2) is 18.2 Å². The highest BCUT2D eigenvalue weighted by Crippen LogP contribution is 2.59. The molecule has 4 bridgehead atoms. The van der Waals surface area contributed by atoms with Crippen LogP contribution in [0.4, 0.5) is 0 Å². The number of rotatable bonds is 5. The van der Waals surface area contributed by atoms with E-state index in [1.54, 1.807) is 0 Å². The van der Waals surface area contributed by atoms with Crippen molar-refractivity contribution in [3.05, 3.63) is 35.9 Å². The summed E-state index contributed by atoms with van der Waals surface area (Å²) in [6, 6.07) is 10.0. The van der Waals surface area contributed by atoms with Crippen LogP contribution in [0, 0.1) is 23.2 Å². The molecule has 2 N–H and O–H groups in total. The van der Waals surface area contributed by atoms with Gasteiger partial charge in [0.1, 0.15) is 0 Å². The first-order chi connectivity index (χ1) is 10.2. The molecule has 21 heavy (non-hydrogen) atoms. The Bertz CT molecular complexity index is 448. The fourth-order valence-electron chi connectivity index (χ4n) is 5.77. The average molecular weight is 285 g/mol. The lowest BCUT2D eigenvalue weighted by atomic mass is 9.49. The molecule has 0 heterocycles. The van der Waals surface area contributed by atoms with E-state index < -0.39 is 0 Å². The summed E-state index contributed by atoms with van der Waals surface area (Å²) in [4.78, 5) is 0. The third-order valence-electron chi connectivity index (χ3n) is 6.19. The Morgan fingerprint density at radius 3 is 2.14 bits per heavy atom. The van der Waals surface area contributed by atoms with Crippen molar-refractivity contribution in [2.75, 3.05) is 13.1 Å². The summed E-state index contributed by atoms with van der Waals surface area (Å²) in [5.41, 5.74) is 1.58. The van der Waals surface area contributed by atoms with Gasteiger partial charge >= 0.3 is 0 Å². The van der Waals surface area contributed by atoms with Crippen LogP contribution in [0.15, 0.2) is 30.3 Å². The number of aliphatic hydroxyl groups excluding tert-OH is 1. The van der Waals surface area contributed by atoms with Crippen molar-refractivity contribution in [1.82, 2.24) is 5.32 Å². The largest absolute Gasteiger partial charge is 0.387 e. The number of aliphatic hydroxyl groups is 1. The van der Waals surface area contributed by atoms with Crippen molar-refractivity contribution in [2.45, 2.75) is 44.6 Å². The summed E-state index contributed by atoms with van der Waals surface area (Å²) in [5, 5.41) is 13.9. The predicted octanol–water partition coefficient (Wildman–Crippen LogP) is 3.53. The SMILES string of the molecule is O[C@@H](CNCC12CC3CC(CC(C3)C1)C2)c1ccccc1. The Kier molecular flexibility index (Phi) is 3.55. The zero-order valence-corrected chi connectivity index (χ0v) is 12.8. The fraction of sp³-hybridized carbons (Fsp3) is 0.684. The van der Waals surface area contributed by atoms with E-state index >= 15 is 0 Å². The van der Waals surface area contributed by atoms with E-state index in [1.807, 2.05) is 30.3 Å². The lowest BCUT2D eigenvalue weighted by molar-refractivity contribution is -0.0521. The molecule has 0 amide bonds. The van der Waals surface area contributed by atoms with Gasteiger partial charge in [0, 0.05) is 13.1 Å². The Labute approximate surface area is 128 Å². The van der Waals surface area contributed by atoms with E-state index in [4.69, 9.17) is 0 Å². The third kappa shape index (κ3) is 2.76. The van der Waals surface area contributed by atoms with Crippen molar-refractivity contribution < 1.29 is 5.11 Å². The van der Waals surface area contributed by atoms with Gasteiger partial charge < -0.3 is 10.4 Å². The first-order valence-electron chi connectivity index (χ1n) is 8.66. The third-order valence-corrected chi connectivity index (χ3v) is 6.19. The Hall–Kier alpha value is -0.860. The lowest BCUT2D eigenvalue weighted by Crippen LogP contribution is -2.50. The molecule has 1 aromatic carbocycles. The van der Waals surface area contributed by atoms with Crippen LogP contribution in [0.1, 0.15) is 50.2 Å². The highest BCUT2D eigenvalue weighted by Gasteiger charge is 2.50. The van der Waals surface area contributed by atoms with Crippen LogP contribution in [0.2, 0.25) is 0 Å². The molecule has 0 saturated heterocycles. The maximum atomic E-state index is 10.3. The fourth-order valence-corrected chi connectivity index (χ4v) is 5.77. The highest BCUT2D eigenvalue weighted by atomic mass is 16.3. The molecular formula is C19H27NO. The maximum Gasteiger partial charge on any atom is 0.0914 e. The molecule has 114 valence electrons. The van der Waals surface area contributed by atoms with E-state index in [0.29, 0.717) is 12.0 Å². The first kappa shape index (κ1) is 13.8. The van der Waals surface area contributed by atoms with Gasteiger partial charge in [0.05, 0.1) is 6.10 Å². The van der Waals surface area contributed by atoms with Gasteiger partial charge in [-0.25, -0.2) is 0 Å². The lowest BCUT2D eigenvalue weighted by Gasteiger charge is -2.57. The maximum absolute atomic E-state index is 10.3. The monoisotopic (exact) mass is 285 g/mol. The molecule has 4 aliphatic rings. The summed E-state index contributed by atoms with van der Waals surface area (Å²) in [7, 11) is 0. The summed E-state index contributed by atoms with van der Waals surface area (Å²) >= 11 is 0. The van der Waals surface area contributed by atoms with Gasteiger partial charge in [-0.05, 0) is 67.3 Å². The molecule has 1 atom stereocenters. The van der Waals surface area contributed by atoms with Crippen LogP contribution < -0.4 is 5.32 Å². The second-order valence-corrected chi connectivity index (χ2v) is 7.97. The number of hydrogen-bond acceptors (Lipinski definition) is 2. The molecule has 0 unspecified atom stereocenters. The molecule has 2 heteroatoms. The molecule has 4 aliphatic carbocycles. The zero-order chi connectivity index (χ0) is 14.3. The molecule has 4 fully saturated rings. The van der Waals surface area contributed by atoms with Gasteiger partial charge in [0.25, 0.3) is 0 Å². The molecule has 4 saturated carbocycles. The van der Waals surface area contributed by atoms with E-state index in [0.717, 1.165) is 29.9 Å². The van der Waals surface area contributed by atoms with Crippen molar-refractivity contribution in [2.24, 2.45) is 23.2 Å². The van der Waals surface area contributed by atoms with Crippen LogP contribution in [-0.2, 0) is 0 Å². The van der Waals surface area contributed by atoms with Gasteiger partial charge in [-0.15, -0.1) is 0 Å². The standard InChI is InChI=1S/C19H27NO/c21-18(17-4-2-1-3-5-17)12-20-13-19-9-14-6-15(10-19)8-16(7-14)11-19/h1-5,14-16,18,20-21H,6-13H2/t14?,15?,16?,18-,19?/m0/s1. The van der Waals surface area contributed by atoms with Gasteiger partial charge in [-0.2, -0.15) is 0 Å². The second-order valence-electron chi connectivity index (χ2n) is 7.97. The van der Waals surface area contributed by atoms with E-state index in [-0.39, 0.29) is 6.10 Å². The topological polar surface area (TPSA) is 32.3 Å². The van der Waals surface area contributed by atoms with E-state index in [2.05, 4.69) is 5.32 Å². The molecule has 0 radical (unpaired) electrons. The van der Waals surface area contributed by atoms with Gasteiger partial charge in [0.15, 0.2) is 0 Å². The van der Waals surface area contributed by atoms with Crippen molar-refractivity contribution in [3.63, 3.8) is 0 Å². The van der Waals surface area contributed by atoms with Crippen LogP contribution in [0.3, 0.4) is 0 Å². The summed E-state index contributed by atoms with van der Waals surface area (Å²) in [5.74, 6) is 3.03. The number of hydrogen-bond donors (Lipinski definition) is 2. The Morgan fingerprint density at radius 1 is 1.00 bits per heavy atom. The second kappa shape index (κ2) is 5.40. The molecule has 2 nitrogen and oxygen atoms in total. The molecule has 0 spiro atoms. The minimum atomic E-state index is -0.375. The Balaban J connectivity index is 1.33. The predicted molar refractivity (Wildman–Crippen MR) is 84.9 cm³/mol. The molecule has 0 aliphatic heterocycles. The quantitative estimate of drug-likeness (QED) is 0.867. The smallest absolute Gasteiger partial charge is 0.0914 e. The van der Waals surface area contributed by atoms with Crippen LogP contribution in [0.25, 0.3) is 0 Å². The van der Waals surface area contributed by atoms with Crippen LogP contribution in [0.5, 0.6) is 0 Å². The van der Waals surface area contributed by atoms with E-state index in [9.17, 15) is 5.11 Å². The zero-order valence-electron chi connectivity index (χ0n) is 12.8. The van der Waals surface area contributed by atoms with Crippen molar-refractivity contribution in [1.29, 1.82) is 0 Å². The normalized spacial score (nSPS) is 38.6. The highest BCUT2D eigenvalue weighted by molar-refractivity contribution is 5.17. The van der Waals surface area contributed by atoms with E-state index in [1.165, 1.54) is 38.5 Å². The number of nitrogens with one attached hydrogen (secondary N) is 1. The van der Waals surface area contributed by atoms with Crippen LogP contribution >= 0.6 is 0 Å². The first-order valence-corrected chi connectivity index (χ1v) is 8.66. The summed E-state index contributed by atoms with van der Waals surface area (Å²) < 4.78 is 0. The van der Waals surface area contributed by atoms with Crippen molar-refractivity contribution >= 4 is 0 Å². The molecular weight excluding hydrogens is 258 g/mol. The molecule has 5 rings (SSSR count). The summed E-state index contributed by atoms with van der Waals surface area (Å²) in [6.07, 6.45) is 8.46. The Morgan fingerprint density at radius 2 is 1.57 bits per heavy atom. The number of benzene rings is 1. The summed E-state index contributed by atoms with van der Waals surface area (Å²) in [6.45, 7) is 1.80.